The van der Waals surface area contributed by atoms with Gasteiger partial charge in [0, 0.05) is 36.1 Å². The van der Waals surface area contributed by atoms with Gasteiger partial charge in [-0.05, 0) is 25.5 Å². The Balaban J connectivity index is 1.94. The molecule has 1 aliphatic rings. The highest BCUT2D eigenvalue weighted by Gasteiger charge is 2.36. The zero-order chi connectivity index (χ0) is 21.8. The van der Waals surface area contributed by atoms with E-state index in [-0.39, 0.29) is 24.1 Å². The Hall–Kier alpha value is -3.88. The molecule has 1 aliphatic heterocycles. The van der Waals surface area contributed by atoms with Crippen LogP contribution in [0.5, 0.6) is 0 Å². The Labute approximate surface area is 172 Å². The van der Waals surface area contributed by atoms with Gasteiger partial charge in [0.2, 0.25) is 11.8 Å². The zero-order valence-electron chi connectivity index (χ0n) is 16.2. The number of ketones is 1. The van der Waals surface area contributed by atoms with Crippen LogP contribution in [0.4, 0.5) is 5.69 Å². The molecular formula is C21H19N3O6. The summed E-state index contributed by atoms with van der Waals surface area (Å²) in [6.45, 7) is 1.35. The highest BCUT2D eigenvalue weighted by atomic mass is 16.6. The lowest BCUT2D eigenvalue weighted by molar-refractivity contribution is -0.384. The summed E-state index contributed by atoms with van der Waals surface area (Å²) in [5.74, 6) is -2.36. The lowest BCUT2D eigenvalue weighted by Crippen LogP contribution is -2.56. The van der Waals surface area contributed by atoms with Gasteiger partial charge in [-0.1, -0.05) is 29.8 Å². The van der Waals surface area contributed by atoms with Crippen LogP contribution in [0.2, 0.25) is 0 Å². The lowest BCUT2D eigenvalue weighted by Gasteiger charge is -2.35. The summed E-state index contributed by atoms with van der Waals surface area (Å²) in [5, 5.41) is 12.4. The molecule has 1 fully saturated rings. The molecule has 0 unspecified atom stereocenters. The summed E-state index contributed by atoms with van der Waals surface area (Å²) in [5.41, 5.74) is 1.09. The number of hydrazine groups is 1. The molecule has 154 valence electrons. The van der Waals surface area contributed by atoms with E-state index in [0.717, 1.165) is 27.7 Å². The van der Waals surface area contributed by atoms with Crippen LogP contribution in [0.25, 0.3) is 0 Å². The number of imide groups is 1. The maximum absolute atomic E-state index is 13.1. The van der Waals surface area contributed by atoms with Crippen molar-refractivity contribution < 1.29 is 24.1 Å². The van der Waals surface area contributed by atoms with Crippen molar-refractivity contribution in [3.05, 3.63) is 75.3 Å². The van der Waals surface area contributed by atoms with Gasteiger partial charge in [0.05, 0.1) is 4.92 Å². The normalized spacial score (nSPS) is 13.8. The molecule has 0 saturated carbocycles. The Morgan fingerprint density at radius 1 is 0.967 bits per heavy atom. The van der Waals surface area contributed by atoms with E-state index in [4.69, 9.17) is 0 Å². The monoisotopic (exact) mass is 409 g/mol. The minimum atomic E-state index is -0.769. The molecule has 0 atom stereocenters. The number of nitro benzene ring substituents is 1. The van der Waals surface area contributed by atoms with Gasteiger partial charge < -0.3 is 0 Å². The second-order valence-corrected chi connectivity index (χ2v) is 6.91. The molecule has 2 aromatic rings. The number of amides is 3. The smallest absolute Gasteiger partial charge is 0.273 e. The SMILES string of the molecule is Cc1ccc(C(=O)CN(C(=O)c2ccc([N+](=O)[O-])cc2)N2C(=O)CCCC2=O)cc1. The van der Waals surface area contributed by atoms with Gasteiger partial charge in [-0.2, -0.15) is 5.01 Å². The van der Waals surface area contributed by atoms with Crippen molar-refractivity contribution in [1.29, 1.82) is 0 Å². The van der Waals surface area contributed by atoms with E-state index < -0.39 is 35.0 Å². The van der Waals surface area contributed by atoms with Crippen molar-refractivity contribution >= 4 is 29.2 Å². The number of nitro groups is 1. The van der Waals surface area contributed by atoms with Gasteiger partial charge in [0.15, 0.2) is 5.78 Å². The van der Waals surface area contributed by atoms with E-state index in [2.05, 4.69) is 0 Å². The van der Waals surface area contributed by atoms with Crippen LogP contribution in [-0.4, -0.2) is 45.0 Å². The highest BCUT2D eigenvalue weighted by Crippen LogP contribution is 2.20. The predicted octanol–water partition coefficient (Wildman–Crippen LogP) is 2.68. The maximum Gasteiger partial charge on any atom is 0.273 e. The van der Waals surface area contributed by atoms with E-state index in [1.54, 1.807) is 24.3 Å². The number of Topliss-reactive ketones (excluding diaryl/α,β-unsaturated/α-hetero) is 1. The van der Waals surface area contributed by atoms with Gasteiger partial charge >= 0.3 is 0 Å². The Morgan fingerprint density at radius 2 is 1.50 bits per heavy atom. The standard InChI is InChI=1S/C21H19N3O6/c1-14-5-7-15(8-6-14)18(25)13-22(23-19(26)3-2-4-20(23)27)21(28)16-9-11-17(12-10-16)24(29)30/h5-12H,2-4,13H2,1H3. The number of nitrogens with zero attached hydrogens (tertiary/aromatic N) is 3. The van der Waals surface area contributed by atoms with E-state index in [1.165, 1.54) is 12.1 Å². The Kier molecular flexibility index (Phi) is 6.01. The molecule has 0 bridgehead atoms. The molecule has 2 aromatic carbocycles. The van der Waals surface area contributed by atoms with Crippen LogP contribution in [0.15, 0.2) is 48.5 Å². The van der Waals surface area contributed by atoms with Crippen molar-refractivity contribution in [2.45, 2.75) is 26.2 Å². The number of hydrogen-bond acceptors (Lipinski definition) is 6. The Morgan fingerprint density at radius 3 is 2.03 bits per heavy atom. The second-order valence-electron chi connectivity index (χ2n) is 6.91. The first-order valence-corrected chi connectivity index (χ1v) is 9.30. The number of piperidine rings is 1. The van der Waals surface area contributed by atoms with Gasteiger partial charge in [0.1, 0.15) is 6.54 Å². The topological polar surface area (TPSA) is 118 Å². The highest BCUT2D eigenvalue weighted by molar-refractivity contribution is 6.06. The number of non-ortho nitro benzene ring substituents is 1. The van der Waals surface area contributed by atoms with Crippen LogP contribution in [-0.2, 0) is 9.59 Å². The molecule has 0 N–H and O–H groups in total. The maximum atomic E-state index is 13.1. The predicted molar refractivity (Wildman–Crippen MR) is 105 cm³/mol. The third-order valence-corrected chi connectivity index (χ3v) is 4.72. The molecule has 1 heterocycles. The van der Waals surface area contributed by atoms with Crippen molar-refractivity contribution in [2.75, 3.05) is 6.54 Å². The summed E-state index contributed by atoms with van der Waals surface area (Å²) in [4.78, 5) is 60.9. The second kappa shape index (κ2) is 8.64. The van der Waals surface area contributed by atoms with Crippen molar-refractivity contribution in [3.63, 3.8) is 0 Å². The third kappa shape index (κ3) is 4.40. The molecule has 9 nitrogen and oxygen atoms in total. The summed E-state index contributed by atoms with van der Waals surface area (Å²) >= 11 is 0. The van der Waals surface area contributed by atoms with Crippen LogP contribution in [0.1, 0.15) is 45.5 Å². The quantitative estimate of drug-likeness (QED) is 0.313. The lowest BCUT2D eigenvalue weighted by atomic mass is 10.1. The molecule has 0 aliphatic carbocycles. The van der Waals surface area contributed by atoms with E-state index in [9.17, 15) is 29.3 Å². The van der Waals surface area contributed by atoms with E-state index in [1.807, 2.05) is 6.92 Å². The average molecular weight is 409 g/mol. The molecule has 0 spiro atoms. The van der Waals surface area contributed by atoms with Crippen LogP contribution in [0, 0.1) is 17.0 Å². The van der Waals surface area contributed by atoms with Crippen molar-refractivity contribution in [2.24, 2.45) is 0 Å². The summed E-state index contributed by atoms with van der Waals surface area (Å²) in [7, 11) is 0. The van der Waals surface area contributed by atoms with Crippen molar-refractivity contribution in [3.8, 4) is 0 Å². The van der Waals surface area contributed by atoms with Gasteiger partial charge in [-0.3, -0.25) is 29.3 Å². The molecule has 9 heteroatoms. The summed E-state index contributed by atoms with van der Waals surface area (Å²) in [6.07, 6.45) is 0.530. The minimum absolute atomic E-state index is 0.0171. The molecule has 3 rings (SSSR count). The molecule has 30 heavy (non-hydrogen) atoms. The fraction of sp³-hybridized carbons (Fsp3) is 0.238. The fourth-order valence-corrected chi connectivity index (χ4v) is 3.09. The summed E-state index contributed by atoms with van der Waals surface area (Å²) < 4.78 is 0. The minimum Gasteiger partial charge on any atom is -0.292 e. The third-order valence-electron chi connectivity index (χ3n) is 4.72. The number of carbonyl (C=O) groups excluding carboxylic acids is 4. The fourth-order valence-electron chi connectivity index (χ4n) is 3.09. The average Bonchev–Trinajstić information content (AvgIpc) is 2.72. The van der Waals surface area contributed by atoms with E-state index in [0.29, 0.717) is 12.0 Å². The largest absolute Gasteiger partial charge is 0.292 e. The molecule has 1 saturated heterocycles. The molecule has 3 amide bonds. The van der Waals surface area contributed by atoms with Crippen LogP contribution >= 0.6 is 0 Å². The van der Waals surface area contributed by atoms with Crippen LogP contribution in [0.3, 0.4) is 0 Å². The Bertz CT molecular complexity index is 998. The number of rotatable bonds is 6. The number of carbonyl (C=O) groups is 4. The molecule has 0 aromatic heterocycles. The van der Waals surface area contributed by atoms with Crippen LogP contribution < -0.4 is 0 Å². The van der Waals surface area contributed by atoms with Gasteiger partial charge in [0.25, 0.3) is 11.6 Å². The summed E-state index contributed by atoms with van der Waals surface area (Å²) in [6, 6.07) is 11.4. The first kappa shape index (κ1) is 20.8. The number of hydrogen-bond donors (Lipinski definition) is 0. The van der Waals surface area contributed by atoms with Gasteiger partial charge in [-0.25, -0.2) is 5.01 Å². The molecule has 0 radical (unpaired) electrons. The number of aryl methyl sites for hydroxylation is 1. The van der Waals surface area contributed by atoms with Gasteiger partial charge in [-0.15, -0.1) is 0 Å². The number of benzene rings is 2. The van der Waals surface area contributed by atoms with E-state index >= 15 is 0 Å². The van der Waals surface area contributed by atoms with Crippen molar-refractivity contribution in [1.82, 2.24) is 10.0 Å². The molecular weight excluding hydrogens is 390 g/mol. The first-order valence-electron chi connectivity index (χ1n) is 9.30. The first-order chi connectivity index (χ1) is 14.3. The zero-order valence-corrected chi connectivity index (χ0v) is 16.2.